The molecule has 80 valence electrons. The van der Waals surface area contributed by atoms with Crippen molar-refractivity contribution >= 4 is 40.6 Å². The maximum Gasteiger partial charge on any atom is 0.337 e. The van der Waals surface area contributed by atoms with Gasteiger partial charge in [0, 0.05) is 0 Å². The molecule has 0 saturated heterocycles. The Labute approximate surface area is 96.2 Å². The number of carboxylic acid groups (broad SMARTS) is 1. The van der Waals surface area contributed by atoms with Crippen molar-refractivity contribution in [3.05, 3.63) is 28.8 Å². The second-order valence-electron chi connectivity index (χ2n) is 2.57. The molecule has 0 fully saturated rings. The summed E-state index contributed by atoms with van der Waals surface area (Å²) < 4.78 is 0. The zero-order chi connectivity index (χ0) is 11.4. The molecule has 0 heterocycles. The van der Waals surface area contributed by atoms with Gasteiger partial charge in [0.05, 0.1) is 16.3 Å². The lowest BCUT2D eigenvalue weighted by Gasteiger charge is -2.09. The summed E-state index contributed by atoms with van der Waals surface area (Å²) in [5.74, 6) is 3.95. The number of carbonyl (C=O) groups is 1. The van der Waals surface area contributed by atoms with Crippen molar-refractivity contribution in [2.75, 3.05) is 5.32 Å². The third kappa shape index (κ3) is 2.79. The maximum absolute atomic E-state index is 10.7. The Kier molecular flexibility index (Phi) is 3.84. The molecular formula is C8H8ClN3O2S. The van der Waals surface area contributed by atoms with E-state index in [0.29, 0.717) is 5.69 Å². The predicted octanol–water partition coefficient (Wildman–Crippen LogP) is 1.20. The number of nitrogens with two attached hydrogens (primary N) is 1. The number of hydrogen-bond donors (Lipinski definition) is 4. The Morgan fingerprint density at radius 3 is 2.73 bits per heavy atom. The van der Waals surface area contributed by atoms with Gasteiger partial charge in [-0.25, -0.2) is 10.6 Å². The molecule has 7 heteroatoms. The Bertz CT molecular complexity index is 411. The second kappa shape index (κ2) is 4.92. The normalized spacial score (nSPS) is 9.47. The van der Waals surface area contributed by atoms with Gasteiger partial charge in [0.2, 0.25) is 0 Å². The molecule has 0 aliphatic carbocycles. The SMILES string of the molecule is NNC(=S)Nc1cccc(C(=O)O)c1Cl. The minimum Gasteiger partial charge on any atom is -0.478 e. The first-order valence-electron chi connectivity index (χ1n) is 3.85. The highest BCUT2D eigenvalue weighted by Crippen LogP contribution is 2.25. The van der Waals surface area contributed by atoms with Crippen LogP contribution < -0.4 is 16.6 Å². The fraction of sp³-hybridized carbons (Fsp3) is 0. The minimum atomic E-state index is -1.10. The molecule has 0 aliphatic heterocycles. The zero-order valence-electron chi connectivity index (χ0n) is 7.45. The fourth-order valence-electron chi connectivity index (χ4n) is 0.952. The van der Waals surface area contributed by atoms with E-state index in [1.165, 1.54) is 6.07 Å². The van der Waals surface area contributed by atoms with Crippen LogP contribution in [0.25, 0.3) is 0 Å². The van der Waals surface area contributed by atoms with Crippen molar-refractivity contribution in [1.82, 2.24) is 5.43 Å². The summed E-state index contributed by atoms with van der Waals surface area (Å²) in [7, 11) is 0. The third-order valence-electron chi connectivity index (χ3n) is 1.61. The number of thiocarbonyl (C=S) groups is 1. The van der Waals surface area contributed by atoms with Gasteiger partial charge in [-0.1, -0.05) is 17.7 Å². The first kappa shape index (κ1) is 11.7. The van der Waals surface area contributed by atoms with Crippen LogP contribution in [-0.2, 0) is 0 Å². The number of hydrogen-bond acceptors (Lipinski definition) is 3. The van der Waals surface area contributed by atoms with Crippen molar-refractivity contribution < 1.29 is 9.90 Å². The van der Waals surface area contributed by atoms with E-state index < -0.39 is 5.97 Å². The van der Waals surface area contributed by atoms with E-state index in [1.54, 1.807) is 12.1 Å². The molecule has 5 N–H and O–H groups in total. The van der Waals surface area contributed by atoms with E-state index in [-0.39, 0.29) is 15.7 Å². The monoisotopic (exact) mass is 245 g/mol. The minimum absolute atomic E-state index is 0.00138. The number of carboxylic acids is 1. The van der Waals surface area contributed by atoms with Gasteiger partial charge in [0.1, 0.15) is 0 Å². The quantitative estimate of drug-likeness (QED) is 0.356. The molecule has 1 aromatic carbocycles. The molecule has 0 unspecified atom stereocenters. The van der Waals surface area contributed by atoms with Crippen LogP contribution in [0.4, 0.5) is 5.69 Å². The van der Waals surface area contributed by atoms with Crippen molar-refractivity contribution in [2.24, 2.45) is 5.84 Å². The first-order valence-corrected chi connectivity index (χ1v) is 4.64. The van der Waals surface area contributed by atoms with Gasteiger partial charge in [-0.3, -0.25) is 0 Å². The summed E-state index contributed by atoms with van der Waals surface area (Å²) in [5.41, 5.74) is 2.59. The number of benzene rings is 1. The smallest absolute Gasteiger partial charge is 0.337 e. The van der Waals surface area contributed by atoms with Crippen LogP contribution in [0.2, 0.25) is 5.02 Å². The lowest BCUT2D eigenvalue weighted by atomic mass is 10.2. The molecule has 0 bridgehead atoms. The highest BCUT2D eigenvalue weighted by atomic mass is 35.5. The van der Waals surface area contributed by atoms with Gasteiger partial charge in [-0.2, -0.15) is 0 Å². The largest absolute Gasteiger partial charge is 0.478 e. The molecule has 0 aromatic heterocycles. The van der Waals surface area contributed by atoms with Crippen molar-refractivity contribution in [1.29, 1.82) is 0 Å². The number of rotatable bonds is 2. The molecule has 0 saturated carbocycles. The summed E-state index contributed by atoms with van der Waals surface area (Å²) in [6, 6.07) is 4.55. The summed E-state index contributed by atoms with van der Waals surface area (Å²) in [6.07, 6.45) is 0. The van der Waals surface area contributed by atoms with Gasteiger partial charge >= 0.3 is 5.97 Å². The molecule has 5 nitrogen and oxygen atoms in total. The van der Waals surface area contributed by atoms with Crippen LogP contribution in [0.15, 0.2) is 18.2 Å². The maximum atomic E-state index is 10.7. The van der Waals surface area contributed by atoms with Crippen molar-refractivity contribution in [3.8, 4) is 0 Å². The number of halogens is 1. The lowest BCUT2D eigenvalue weighted by Crippen LogP contribution is -2.34. The fourth-order valence-corrected chi connectivity index (χ4v) is 1.32. The van der Waals surface area contributed by atoms with Crippen LogP contribution in [0.3, 0.4) is 0 Å². The Morgan fingerprint density at radius 2 is 2.20 bits per heavy atom. The topological polar surface area (TPSA) is 87.4 Å². The van der Waals surface area contributed by atoms with Crippen molar-refractivity contribution in [2.45, 2.75) is 0 Å². The van der Waals surface area contributed by atoms with Gasteiger partial charge in [0.25, 0.3) is 0 Å². The average molecular weight is 246 g/mol. The average Bonchev–Trinajstić information content (AvgIpc) is 2.20. The number of anilines is 1. The molecule has 1 aromatic rings. The van der Waals surface area contributed by atoms with Crippen LogP contribution in [0.5, 0.6) is 0 Å². The van der Waals surface area contributed by atoms with Crippen LogP contribution >= 0.6 is 23.8 Å². The van der Waals surface area contributed by atoms with Crippen LogP contribution in [0.1, 0.15) is 10.4 Å². The zero-order valence-corrected chi connectivity index (χ0v) is 9.02. The van der Waals surface area contributed by atoms with E-state index in [1.807, 2.05) is 0 Å². The van der Waals surface area contributed by atoms with Crippen molar-refractivity contribution in [3.63, 3.8) is 0 Å². The first-order chi connectivity index (χ1) is 7.06. The molecule has 0 aliphatic rings. The molecule has 0 amide bonds. The molecular weight excluding hydrogens is 238 g/mol. The summed E-state index contributed by atoms with van der Waals surface area (Å²) in [6.45, 7) is 0. The number of hydrazine groups is 1. The summed E-state index contributed by atoms with van der Waals surface area (Å²) in [4.78, 5) is 10.7. The summed E-state index contributed by atoms with van der Waals surface area (Å²) >= 11 is 10.6. The van der Waals surface area contributed by atoms with Gasteiger partial charge in [-0.05, 0) is 24.4 Å². The predicted molar refractivity (Wildman–Crippen MR) is 62.0 cm³/mol. The van der Waals surface area contributed by atoms with Gasteiger partial charge in [0.15, 0.2) is 5.11 Å². The van der Waals surface area contributed by atoms with Gasteiger partial charge in [-0.15, -0.1) is 0 Å². The van der Waals surface area contributed by atoms with E-state index in [0.717, 1.165) is 0 Å². The van der Waals surface area contributed by atoms with E-state index in [9.17, 15) is 4.79 Å². The van der Waals surface area contributed by atoms with Crippen LogP contribution in [-0.4, -0.2) is 16.2 Å². The lowest BCUT2D eigenvalue weighted by molar-refractivity contribution is 0.0697. The number of aromatic carboxylic acids is 1. The molecule has 0 spiro atoms. The Balaban J connectivity index is 3.04. The molecule has 1 rings (SSSR count). The third-order valence-corrected chi connectivity index (χ3v) is 2.24. The Morgan fingerprint density at radius 1 is 1.53 bits per heavy atom. The van der Waals surface area contributed by atoms with E-state index in [4.69, 9.17) is 34.8 Å². The Hall–Kier alpha value is -1.37. The molecule has 0 radical (unpaired) electrons. The second-order valence-corrected chi connectivity index (χ2v) is 3.36. The molecule has 0 atom stereocenters. The number of nitrogens with one attached hydrogen (secondary N) is 2. The van der Waals surface area contributed by atoms with Crippen LogP contribution in [0, 0.1) is 0 Å². The molecule has 15 heavy (non-hydrogen) atoms. The standard InChI is InChI=1S/C8H8ClN3O2S/c9-6-4(7(13)14)2-1-3-5(6)11-8(15)12-10/h1-3H,10H2,(H,13,14)(H2,11,12,15). The summed E-state index contributed by atoms with van der Waals surface area (Å²) in [5, 5.41) is 11.7. The highest BCUT2D eigenvalue weighted by Gasteiger charge is 2.12. The highest BCUT2D eigenvalue weighted by molar-refractivity contribution is 7.80. The van der Waals surface area contributed by atoms with E-state index in [2.05, 4.69) is 10.7 Å². The van der Waals surface area contributed by atoms with Gasteiger partial charge < -0.3 is 15.8 Å². The van der Waals surface area contributed by atoms with E-state index >= 15 is 0 Å².